The van der Waals surface area contributed by atoms with Gasteiger partial charge in [-0.3, -0.25) is 4.79 Å². The first-order valence-corrected chi connectivity index (χ1v) is 7.30. The number of rotatable bonds is 5. The number of fused-ring (bicyclic) bond motifs is 1. The Hall–Kier alpha value is -1.88. The number of para-hydroxylation sites is 2. The van der Waals surface area contributed by atoms with Crippen LogP contribution >= 0.6 is 0 Å². The summed E-state index contributed by atoms with van der Waals surface area (Å²) in [5.41, 5.74) is 7.32. The van der Waals surface area contributed by atoms with E-state index in [-0.39, 0.29) is 23.9 Å². The summed E-state index contributed by atoms with van der Waals surface area (Å²) < 4.78 is 1.93. The minimum atomic E-state index is -0.388. The maximum Gasteiger partial charge on any atom is 0.240 e. The number of carbonyl (C=O) groups is 1. The van der Waals surface area contributed by atoms with Crippen LogP contribution in [0.25, 0.3) is 11.0 Å². The van der Waals surface area contributed by atoms with Gasteiger partial charge in [0.1, 0.15) is 12.4 Å². The second-order valence-corrected chi connectivity index (χ2v) is 6.06. The predicted octanol–water partition coefficient (Wildman–Crippen LogP) is 1.83. The molecule has 0 saturated carbocycles. The third kappa shape index (κ3) is 3.08. The van der Waals surface area contributed by atoms with Gasteiger partial charge in [0.15, 0.2) is 0 Å². The molecule has 0 spiro atoms. The van der Waals surface area contributed by atoms with Crippen molar-refractivity contribution in [2.75, 3.05) is 6.54 Å². The van der Waals surface area contributed by atoms with Gasteiger partial charge in [0.05, 0.1) is 16.6 Å². The zero-order valence-electron chi connectivity index (χ0n) is 13.2. The van der Waals surface area contributed by atoms with Gasteiger partial charge < -0.3 is 15.6 Å². The van der Waals surface area contributed by atoms with E-state index in [1.54, 1.807) is 0 Å². The highest BCUT2D eigenvalue weighted by Crippen LogP contribution is 2.17. The van der Waals surface area contributed by atoms with Crippen LogP contribution in [0.15, 0.2) is 24.3 Å². The third-order valence-corrected chi connectivity index (χ3v) is 4.27. The van der Waals surface area contributed by atoms with Gasteiger partial charge in [-0.05, 0) is 31.9 Å². The number of aryl methyl sites for hydroxylation is 1. The van der Waals surface area contributed by atoms with Crippen LogP contribution in [0.3, 0.4) is 0 Å². The number of nitrogens with two attached hydrogens (primary N) is 1. The van der Waals surface area contributed by atoms with E-state index in [1.807, 2.05) is 42.7 Å². The van der Waals surface area contributed by atoms with Crippen molar-refractivity contribution >= 4 is 16.9 Å². The summed E-state index contributed by atoms with van der Waals surface area (Å²) in [6, 6.07) is 7.83. The number of nitrogens with one attached hydrogen (secondary N) is 1. The molecule has 5 nitrogen and oxygen atoms in total. The monoisotopic (exact) mass is 288 g/mol. The summed E-state index contributed by atoms with van der Waals surface area (Å²) in [6.07, 6.45) is 0. The molecule has 21 heavy (non-hydrogen) atoms. The first-order valence-electron chi connectivity index (χ1n) is 7.30. The molecule has 1 atom stereocenters. The van der Waals surface area contributed by atoms with Crippen molar-refractivity contribution in [2.24, 2.45) is 11.7 Å². The summed E-state index contributed by atoms with van der Waals surface area (Å²) in [4.78, 5) is 16.8. The Balaban J connectivity index is 2.21. The molecule has 2 rings (SSSR count). The molecule has 1 aromatic carbocycles. The third-order valence-electron chi connectivity index (χ3n) is 4.27. The fourth-order valence-corrected chi connectivity index (χ4v) is 2.33. The summed E-state index contributed by atoms with van der Waals surface area (Å²) in [6.45, 7) is 8.69. The fraction of sp³-hybridized carbons (Fsp3) is 0.500. The number of nitrogens with zero attached hydrogens (tertiary/aromatic N) is 2. The predicted molar refractivity (Wildman–Crippen MR) is 84.9 cm³/mol. The van der Waals surface area contributed by atoms with Crippen LogP contribution in [-0.2, 0) is 11.3 Å². The van der Waals surface area contributed by atoms with Gasteiger partial charge >= 0.3 is 0 Å². The topological polar surface area (TPSA) is 72.9 Å². The molecule has 0 saturated heterocycles. The van der Waals surface area contributed by atoms with E-state index < -0.39 is 0 Å². The summed E-state index contributed by atoms with van der Waals surface area (Å²) in [7, 11) is 0. The van der Waals surface area contributed by atoms with Crippen molar-refractivity contribution in [1.29, 1.82) is 0 Å². The van der Waals surface area contributed by atoms with E-state index in [4.69, 9.17) is 5.73 Å². The van der Waals surface area contributed by atoms with Crippen molar-refractivity contribution in [3.63, 3.8) is 0 Å². The summed E-state index contributed by atoms with van der Waals surface area (Å²) >= 11 is 0. The number of aromatic nitrogens is 2. The largest absolute Gasteiger partial charge is 0.348 e. The highest BCUT2D eigenvalue weighted by atomic mass is 16.2. The Morgan fingerprint density at radius 1 is 1.43 bits per heavy atom. The van der Waals surface area contributed by atoms with Gasteiger partial charge in [-0.15, -0.1) is 0 Å². The Kier molecular flexibility index (Phi) is 4.32. The summed E-state index contributed by atoms with van der Waals surface area (Å²) in [5.74, 6) is 1.07. The Morgan fingerprint density at radius 3 is 2.71 bits per heavy atom. The molecular formula is C16H24N4O. The van der Waals surface area contributed by atoms with Crippen molar-refractivity contribution < 1.29 is 4.79 Å². The molecule has 1 heterocycles. The molecule has 0 bridgehead atoms. The molecule has 0 aliphatic carbocycles. The lowest BCUT2D eigenvalue weighted by atomic mass is 9.88. The second kappa shape index (κ2) is 5.85. The van der Waals surface area contributed by atoms with E-state index in [1.165, 1.54) is 0 Å². The molecule has 1 amide bonds. The zero-order chi connectivity index (χ0) is 15.6. The van der Waals surface area contributed by atoms with Gasteiger partial charge in [-0.2, -0.15) is 0 Å². The second-order valence-electron chi connectivity index (χ2n) is 6.06. The normalized spacial score (nSPS) is 14.4. The maximum atomic E-state index is 12.4. The van der Waals surface area contributed by atoms with Crippen molar-refractivity contribution in [1.82, 2.24) is 14.9 Å². The Morgan fingerprint density at radius 2 is 2.10 bits per heavy atom. The number of imidazole rings is 1. The molecule has 5 heteroatoms. The highest BCUT2D eigenvalue weighted by molar-refractivity contribution is 5.81. The van der Waals surface area contributed by atoms with Gasteiger partial charge in [-0.1, -0.05) is 26.0 Å². The minimum Gasteiger partial charge on any atom is -0.348 e. The number of hydrogen-bond acceptors (Lipinski definition) is 3. The van der Waals surface area contributed by atoms with Crippen LogP contribution in [0.1, 0.15) is 26.6 Å². The lowest BCUT2D eigenvalue weighted by molar-refractivity contribution is -0.123. The van der Waals surface area contributed by atoms with E-state index in [0.717, 1.165) is 16.9 Å². The van der Waals surface area contributed by atoms with Gasteiger partial charge in [0, 0.05) is 6.54 Å². The SMILES string of the molecule is Cc1nc2ccccc2n1CC(=O)NC(C)(CN)C(C)C. The molecule has 3 N–H and O–H groups in total. The van der Waals surface area contributed by atoms with E-state index >= 15 is 0 Å². The molecule has 114 valence electrons. The summed E-state index contributed by atoms with van der Waals surface area (Å²) in [5, 5.41) is 3.06. The Labute approximate surface area is 125 Å². The fourth-order valence-electron chi connectivity index (χ4n) is 2.33. The van der Waals surface area contributed by atoms with Gasteiger partial charge in [0.2, 0.25) is 5.91 Å². The van der Waals surface area contributed by atoms with Gasteiger partial charge in [-0.25, -0.2) is 4.98 Å². The van der Waals surface area contributed by atoms with Crippen LogP contribution in [0.4, 0.5) is 0 Å². The Bertz CT molecular complexity index is 647. The standard InChI is InChI=1S/C16H24N4O/c1-11(2)16(4,10-17)19-15(21)9-20-12(3)18-13-7-5-6-8-14(13)20/h5-8,11H,9-10,17H2,1-4H3,(H,19,21). The average molecular weight is 288 g/mol. The van der Waals surface area contributed by atoms with Crippen LogP contribution in [0.2, 0.25) is 0 Å². The smallest absolute Gasteiger partial charge is 0.240 e. The van der Waals surface area contributed by atoms with Crippen LogP contribution in [0, 0.1) is 12.8 Å². The van der Waals surface area contributed by atoms with E-state index in [0.29, 0.717) is 6.54 Å². The number of amides is 1. The molecule has 0 aliphatic heterocycles. The van der Waals surface area contributed by atoms with E-state index in [2.05, 4.69) is 24.1 Å². The molecule has 0 radical (unpaired) electrons. The first-order chi connectivity index (χ1) is 9.87. The van der Waals surface area contributed by atoms with Crippen LogP contribution in [-0.4, -0.2) is 27.5 Å². The van der Waals surface area contributed by atoms with Crippen molar-refractivity contribution in [3.8, 4) is 0 Å². The van der Waals surface area contributed by atoms with Crippen molar-refractivity contribution in [3.05, 3.63) is 30.1 Å². The van der Waals surface area contributed by atoms with Gasteiger partial charge in [0.25, 0.3) is 0 Å². The molecule has 1 unspecified atom stereocenters. The van der Waals surface area contributed by atoms with Crippen LogP contribution in [0.5, 0.6) is 0 Å². The molecule has 2 aromatic rings. The lowest BCUT2D eigenvalue weighted by Gasteiger charge is -2.33. The number of carbonyl (C=O) groups excluding carboxylic acids is 1. The first kappa shape index (κ1) is 15.5. The van der Waals surface area contributed by atoms with E-state index in [9.17, 15) is 4.79 Å². The molecular weight excluding hydrogens is 264 g/mol. The zero-order valence-corrected chi connectivity index (χ0v) is 13.2. The quantitative estimate of drug-likeness (QED) is 0.881. The lowest BCUT2D eigenvalue weighted by Crippen LogP contribution is -2.55. The number of hydrogen-bond donors (Lipinski definition) is 2. The average Bonchev–Trinajstić information content (AvgIpc) is 2.75. The maximum absolute atomic E-state index is 12.4. The molecule has 0 fully saturated rings. The molecule has 1 aromatic heterocycles. The van der Waals surface area contributed by atoms with Crippen LogP contribution < -0.4 is 11.1 Å². The number of benzene rings is 1. The highest BCUT2D eigenvalue weighted by Gasteiger charge is 2.28. The van der Waals surface area contributed by atoms with Crippen molar-refractivity contribution in [2.45, 2.75) is 39.8 Å². The minimum absolute atomic E-state index is 0.0390. The molecule has 0 aliphatic rings.